The molecule has 0 atom stereocenters. The zero-order chi connectivity index (χ0) is 25.4. The van der Waals surface area contributed by atoms with Gasteiger partial charge in [-0.3, -0.25) is 14.9 Å². The van der Waals surface area contributed by atoms with E-state index in [4.69, 9.17) is 21.7 Å². The second-order valence-corrected chi connectivity index (χ2v) is 9.01. The first-order valence-electron chi connectivity index (χ1n) is 10.8. The van der Waals surface area contributed by atoms with Crippen molar-refractivity contribution in [2.45, 2.75) is 13.8 Å². The fourth-order valence-electron chi connectivity index (χ4n) is 3.17. The Morgan fingerprint density at radius 1 is 0.886 bits per heavy atom. The van der Waals surface area contributed by atoms with Crippen LogP contribution in [0.2, 0.25) is 0 Å². The van der Waals surface area contributed by atoms with Gasteiger partial charge in [-0.2, -0.15) is 0 Å². The summed E-state index contributed by atoms with van der Waals surface area (Å²) < 4.78 is 11.4. The van der Waals surface area contributed by atoms with Crippen LogP contribution in [0.1, 0.15) is 31.8 Å². The van der Waals surface area contributed by atoms with Crippen molar-refractivity contribution in [3.63, 3.8) is 0 Å². The fraction of sp³-hybridized carbons (Fsp3) is 0.192. The maximum Gasteiger partial charge on any atom is 0.261 e. The maximum absolute atomic E-state index is 12.9. The molecule has 0 saturated carbocycles. The standard InChI is InChI=1S/C26H26BrN3O4S/c1-16-8-10-19(14-17(16)2)28-24(31)20-6-4-5-7-22(20)29-26(35)30-25(32)21-15-18(27)9-11-23(21)34-13-12-33-3/h4-11,14-15H,12-13H2,1-3H3,(H,28,31)(H2,29,30,32,35). The lowest BCUT2D eigenvalue weighted by Crippen LogP contribution is -2.35. The van der Waals surface area contributed by atoms with E-state index in [1.54, 1.807) is 49.6 Å². The molecule has 0 unspecified atom stereocenters. The number of thiocarbonyl (C=S) groups is 1. The minimum Gasteiger partial charge on any atom is -0.490 e. The van der Waals surface area contributed by atoms with Gasteiger partial charge in [0, 0.05) is 17.3 Å². The molecule has 3 rings (SSSR count). The van der Waals surface area contributed by atoms with Crippen molar-refractivity contribution in [1.29, 1.82) is 0 Å². The summed E-state index contributed by atoms with van der Waals surface area (Å²) in [7, 11) is 1.57. The van der Waals surface area contributed by atoms with E-state index in [0.29, 0.717) is 45.9 Å². The highest BCUT2D eigenvalue weighted by atomic mass is 79.9. The molecule has 7 nitrogen and oxygen atoms in total. The van der Waals surface area contributed by atoms with Gasteiger partial charge in [0.25, 0.3) is 11.8 Å². The van der Waals surface area contributed by atoms with E-state index >= 15 is 0 Å². The fourth-order valence-corrected chi connectivity index (χ4v) is 3.74. The van der Waals surface area contributed by atoms with Crippen LogP contribution in [0.15, 0.2) is 65.1 Å². The zero-order valence-electron chi connectivity index (χ0n) is 19.6. The van der Waals surface area contributed by atoms with Crippen LogP contribution >= 0.6 is 28.1 Å². The number of hydrogen-bond donors (Lipinski definition) is 3. The highest BCUT2D eigenvalue weighted by Gasteiger charge is 2.17. The van der Waals surface area contributed by atoms with Crippen LogP contribution < -0.4 is 20.7 Å². The quantitative estimate of drug-likeness (QED) is 0.252. The van der Waals surface area contributed by atoms with E-state index in [-0.39, 0.29) is 11.0 Å². The summed E-state index contributed by atoms with van der Waals surface area (Å²) in [6, 6.07) is 17.8. The van der Waals surface area contributed by atoms with Gasteiger partial charge in [-0.1, -0.05) is 34.1 Å². The maximum atomic E-state index is 12.9. The predicted molar refractivity (Wildman–Crippen MR) is 146 cm³/mol. The van der Waals surface area contributed by atoms with Crippen molar-refractivity contribution in [1.82, 2.24) is 5.32 Å². The van der Waals surface area contributed by atoms with Crippen molar-refractivity contribution in [2.75, 3.05) is 31.0 Å². The van der Waals surface area contributed by atoms with E-state index in [0.717, 1.165) is 11.1 Å². The molecule has 35 heavy (non-hydrogen) atoms. The second kappa shape index (κ2) is 12.4. The molecule has 182 valence electrons. The second-order valence-electron chi connectivity index (χ2n) is 7.69. The molecule has 2 amide bonds. The van der Waals surface area contributed by atoms with Gasteiger partial charge >= 0.3 is 0 Å². The first-order valence-corrected chi connectivity index (χ1v) is 12.0. The molecule has 9 heteroatoms. The lowest BCUT2D eigenvalue weighted by atomic mass is 10.1. The number of halogens is 1. The number of carbonyl (C=O) groups is 2. The van der Waals surface area contributed by atoms with Crippen LogP contribution in [-0.4, -0.2) is 37.3 Å². The average Bonchev–Trinajstić information content (AvgIpc) is 2.82. The van der Waals surface area contributed by atoms with Crippen LogP contribution in [0.25, 0.3) is 0 Å². The largest absolute Gasteiger partial charge is 0.490 e. The van der Waals surface area contributed by atoms with Crippen LogP contribution in [-0.2, 0) is 4.74 Å². The molecule has 0 radical (unpaired) electrons. The monoisotopic (exact) mass is 555 g/mol. The minimum atomic E-state index is -0.451. The first-order chi connectivity index (χ1) is 16.8. The van der Waals surface area contributed by atoms with Gasteiger partial charge in [-0.05, 0) is 79.7 Å². The Morgan fingerprint density at radius 3 is 2.40 bits per heavy atom. The molecular formula is C26H26BrN3O4S. The summed E-state index contributed by atoms with van der Waals surface area (Å²) in [5.41, 5.74) is 4.07. The molecule has 3 aromatic rings. The molecule has 0 aliphatic heterocycles. The lowest BCUT2D eigenvalue weighted by molar-refractivity contribution is 0.0968. The number of rotatable bonds is 8. The third-order valence-electron chi connectivity index (χ3n) is 5.14. The normalized spacial score (nSPS) is 10.4. The minimum absolute atomic E-state index is 0.0456. The Bertz CT molecular complexity index is 1250. The Morgan fingerprint density at radius 2 is 1.66 bits per heavy atom. The summed E-state index contributed by atoms with van der Waals surface area (Å²) in [4.78, 5) is 25.9. The van der Waals surface area contributed by atoms with E-state index in [1.807, 2.05) is 32.0 Å². The highest BCUT2D eigenvalue weighted by molar-refractivity contribution is 9.10. The summed E-state index contributed by atoms with van der Waals surface area (Å²) in [5, 5.41) is 8.55. The predicted octanol–water partition coefficient (Wildman–Crippen LogP) is 5.47. The van der Waals surface area contributed by atoms with Gasteiger partial charge in [0.1, 0.15) is 12.4 Å². The summed E-state index contributed by atoms with van der Waals surface area (Å²) in [6.07, 6.45) is 0. The van der Waals surface area contributed by atoms with Crippen LogP contribution in [0, 0.1) is 13.8 Å². The Hall–Kier alpha value is -3.27. The number of nitrogens with one attached hydrogen (secondary N) is 3. The van der Waals surface area contributed by atoms with E-state index in [1.165, 1.54) is 0 Å². The number of methoxy groups -OCH3 is 1. The number of aryl methyl sites for hydroxylation is 2. The number of carbonyl (C=O) groups excluding carboxylic acids is 2. The number of anilines is 2. The van der Waals surface area contributed by atoms with E-state index < -0.39 is 5.91 Å². The number of hydrogen-bond acceptors (Lipinski definition) is 5. The van der Waals surface area contributed by atoms with Crippen molar-refractivity contribution in [3.8, 4) is 5.75 Å². The molecular weight excluding hydrogens is 530 g/mol. The third kappa shape index (κ3) is 7.35. The van der Waals surface area contributed by atoms with Gasteiger partial charge in [0.15, 0.2) is 5.11 Å². The molecule has 0 spiro atoms. The van der Waals surface area contributed by atoms with Crippen LogP contribution in [0.5, 0.6) is 5.75 Å². The molecule has 0 saturated heterocycles. The molecule has 0 aliphatic carbocycles. The summed E-state index contributed by atoms with van der Waals surface area (Å²) in [5.74, 6) is -0.349. The molecule has 0 bridgehead atoms. The smallest absolute Gasteiger partial charge is 0.261 e. The molecule has 0 aliphatic rings. The van der Waals surface area contributed by atoms with Gasteiger partial charge in [-0.25, -0.2) is 0 Å². The van der Waals surface area contributed by atoms with Crippen molar-refractivity contribution < 1.29 is 19.1 Å². The zero-order valence-corrected chi connectivity index (χ0v) is 22.0. The Labute approximate surface area is 218 Å². The number of amides is 2. The molecule has 3 N–H and O–H groups in total. The topological polar surface area (TPSA) is 88.7 Å². The van der Waals surface area contributed by atoms with Gasteiger partial charge in [0.2, 0.25) is 0 Å². The Kier molecular flexibility index (Phi) is 9.36. The SMILES string of the molecule is COCCOc1ccc(Br)cc1C(=O)NC(=S)Nc1ccccc1C(=O)Nc1ccc(C)c(C)c1. The highest BCUT2D eigenvalue weighted by Crippen LogP contribution is 2.24. The number of benzene rings is 3. The number of ether oxygens (including phenoxy) is 2. The van der Waals surface area contributed by atoms with Gasteiger partial charge < -0.3 is 20.1 Å². The Balaban J connectivity index is 1.71. The molecule has 3 aromatic carbocycles. The van der Waals surface area contributed by atoms with Crippen LogP contribution in [0.4, 0.5) is 11.4 Å². The van der Waals surface area contributed by atoms with Crippen molar-refractivity contribution in [3.05, 3.63) is 87.4 Å². The van der Waals surface area contributed by atoms with Crippen molar-refractivity contribution >= 4 is 56.4 Å². The third-order valence-corrected chi connectivity index (χ3v) is 5.84. The number of para-hydroxylation sites is 1. The van der Waals surface area contributed by atoms with Gasteiger partial charge in [0.05, 0.1) is 23.4 Å². The summed E-state index contributed by atoms with van der Waals surface area (Å²) >= 11 is 8.73. The first kappa shape index (κ1) is 26.3. The summed E-state index contributed by atoms with van der Waals surface area (Å²) in [6.45, 7) is 4.68. The van der Waals surface area contributed by atoms with Crippen molar-refractivity contribution in [2.24, 2.45) is 0 Å². The molecule has 0 fully saturated rings. The van der Waals surface area contributed by atoms with E-state index in [9.17, 15) is 9.59 Å². The van der Waals surface area contributed by atoms with Crippen LogP contribution in [0.3, 0.4) is 0 Å². The van der Waals surface area contributed by atoms with Gasteiger partial charge in [-0.15, -0.1) is 0 Å². The molecule has 0 heterocycles. The lowest BCUT2D eigenvalue weighted by Gasteiger charge is -2.15. The van der Waals surface area contributed by atoms with E-state index in [2.05, 4.69) is 31.9 Å². The molecule has 0 aromatic heterocycles. The average molecular weight is 556 g/mol.